The SMILES string of the molecule is CCC(C)(CC(C)(C)C(=O)OC)C(=O)OC1CC2CC1C1C3CC(C4C5CCC(C5)C34)C21. The van der Waals surface area contributed by atoms with Crippen LogP contribution in [0.5, 0.6) is 0 Å². The fraction of sp³-hybridized carbons (Fsp3) is 0.929. The van der Waals surface area contributed by atoms with Crippen molar-refractivity contribution < 1.29 is 19.1 Å². The summed E-state index contributed by atoms with van der Waals surface area (Å²) in [4.78, 5) is 25.7. The molecule has 6 aliphatic rings. The van der Waals surface area contributed by atoms with Crippen LogP contribution in [-0.4, -0.2) is 25.2 Å². The van der Waals surface area contributed by atoms with Gasteiger partial charge in [-0.3, -0.25) is 9.59 Å². The largest absolute Gasteiger partial charge is 0.469 e. The molecular weight excluding hydrogens is 400 g/mol. The molecule has 0 radical (unpaired) electrons. The van der Waals surface area contributed by atoms with Gasteiger partial charge in [0.05, 0.1) is 17.9 Å². The summed E-state index contributed by atoms with van der Waals surface area (Å²) in [5.74, 6) is 8.88. The van der Waals surface area contributed by atoms with Crippen molar-refractivity contribution in [1.82, 2.24) is 0 Å². The molecule has 6 rings (SSSR count). The van der Waals surface area contributed by atoms with Crippen molar-refractivity contribution in [2.75, 3.05) is 7.11 Å². The number of hydrogen-bond acceptors (Lipinski definition) is 4. The van der Waals surface area contributed by atoms with Gasteiger partial charge in [-0.2, -0.15) is 0 Å². The van der Waals surface area contributed by atoms with E-state index in [1.807, 2.05) is 27.7 Å². The molecule has 178 valence electrons. The van der Waals surface area contributed by atoms with Gasteiger partial charge in [0.1, 0.15) is 6.10 Å². The van der Waals surface area contributed by atoms with Gasteiger partial charge in [0.25, 0.3) is 0 Å². The third-order valence-electron chi connectivity index (χ3n) is 11.7. The molecule has 0 aliphatic heterocycles. The van der Waals surface area contributed by atoms with Crippen molar-refractivity contribution in [2.24, 2.45) is 70.0 Å². The molecule has 4 heteroatoms. The predicted octanol–water partition coefficient (Wildman–Crippen LogP) is 5.49. The van der Waals surface area contributed by atoms with E-state index in [1.54, 1.807) is 0 Å². The number of carbonyl (C=O) groups is 2. The molecular formula is C28H42O4. The molecule has 0 saturated heterocycles. The minimum atomic E-state index is -0.695. The Morgan fingerprint density at radius 1 is 0.781 bits per heavy atom. The molecule has 0 N–H and O–H groups in total. The van der Waals surface area contributed by atoms with Gasteiger partial charge < -0.3 is 9.47 Å². The third kappa shape index (κ3) is 2.73. The van der Waals surface area contributed by atoms with E-state index in [2.05, 4.69) is 0 Å². The summed E-state index contributed by atoms with van der Waals surface area (Å²) in [5, 5.41) is 0. The van der Waals surface area contributed by atoms with E-state index in [4.69, 9.17) is 9.47 Å². The number of methoxy groups -OCH3 is 1. The van der Waals surface area contributed by atoms with Gasteiger partial charge in [-0.05, 0) is 131 Å². The predicted molar refractivity (Wildman–Crippen MR) is 121 cm³/mol. The normalized spacial score (nSPS) is 49.1. The Hall–Kier alpha value is -1.06. The second-order valence-corrected chi connectivity index (χ2v) is 13.5. The zero-order chi connectivity index (χ0) is 22.6. The first kappa shape index (κ1) is 21.5. The van der Waals surface area contributed by atoms with Crippen LogP contribution < -0.4 is 0 Å². The summed E-state index contributed by atoms with van der Waals surface area (Å²) >= 11 is 0. The van der Waals surface area contributed by atoms with E-state index in [0.29, 0.717) is 18.8 Å². The molecule has 6 fully saturated rings. The summed E-state index contributed by atoms with van der Waals surface area (Å²) < 4.78 is 11.4. The van der Waals surface area contributed by atoms with E-state index in [0.717, 1.165) is 59.7 Å². The Kier molecular flexibility index (Phi) is 4.68. The van der Waals surface area contributed by atoms with E-state index in [1.165, 1.54) is 39.2 Å². The Bertz CT molecular complexity index is 818. The van der Waals surface area contributed by atoms with Gasteiger partial charge in [-0.25, -0.2) is 0 Å². The fourth-order valence-electron chi connectivity index (χ4n) is 10.8. The highest BCUT2D eigenvalue weighted by molar-refractivity contribution is 5.80. The quantitative estimate of drug-likeness (QED) is 0.403. The van der Waals surface area contributed by atoms with Gasteiger partial charge in [0, 0.05) is 0 Å². The van der Waals surface area contributed by atoms with Crippen molar-refractivity contribution in [3.05, 3.63) is 0 Å². The number of ether oxygens (including phenoxy) is 2. The first-order chi connectivity index (χ1) is 15.2. The van der Waals surface area contributed by atoms with Crippen molar-refractivity contribution in [1.29, 1.82) is 0 Å². The van der Waals surface area contributed by atoms with Gasteiger partial charge >= 0.3 is 11.9 Å². The van der Waals surface area contributed by atoms with Crippen LogP contribution in [0.15, 0.2) is 0 Å². The molecule has 6 saturated carbocycles. The molecule has 0 amide bonds. The van der Waals surface area contributed by atoms with Crippen LogP contribution in [0.25, 0.3) is 0 Å². The molecule has 12 atom stereocenters. The van der Waals surface area contributed by atoms with Crippen molar-refractivity contribution >= 4 is 11.9 Å². The summed E-state index contributed by atoms with van der Waals surface area (Å²) in [6.07, 6.45) is 9.66. The summed E-state index contributed by atoms with van der Waals surface area (Å²) in [7, 11) is 1.42. The number of rotatable bonds is 6. The van der Waals surface area contributed by atoms with Crippen LogP contribution >= 0.6 is 0 Å². The maximum Gasteiger partial charge on any atom is 0.312 e. The standard InChI is InChI=1S/C28H42O4/c1-6-28(4,13-27(2,3)25(29)31-5)26(30)32-20-11-16-10-17(20)24-19-12-18(23(16)24)21-14-7-8-15(9-14)22(19)21/h14-24H,6-13H2,1-5H3. The second kappa shape index (κ2) is 6.98. The lowest BCUT2D eigenvalue weighted by molar-refractivity contribution is -0.170. The monoisotopic (exact) mass is 442 g/mol. The first-order valence-electron chi connectivity index (χ1n) is 13.5. The fourth-order valence-corrected chi connectivity index (χ4v) is 10.8. The highest BCUT2D eigenvalue weighted by Crippen LogP contribution is 2.76. The first-order valence-corrected chi connectivity index (χ1v) is 13.5. The number of esters is 2. The van der Waals surface area contributed by atoms with Crippen LogP contribution in [0.3, 0.4) is 0 Å². The van der Waals surface area contributed by atoms with Crippen LogP contribution in [0.4, 0.5) is 0 Å². The van der Waals surface area contributed by atoms with Gasteiger partial charge in [-0.1, -0.05) is 6.92 Å². The minimum Gasteiger partial charge on any atom is -0.469 e. The zero-order valence-corrected chi connectivity index (χ0v) is 20.6. The Labute approximate surface area is 193 Å². The zero-order valence-electron chi connectivity index (χ0n) is 20.6. The van der Waals surface area contributed by atoms with Crippen molar-refractivity contribution in [3.8, 4) is 0 Å². The van der Waals surface area contributed by atoms with E-state index in [9.17, 15) is 9.59 Å². The number of fused-ring (bicyclic) bond motifs is 16. The molecule has 0 aromatic carbocycles. The number of hydrogen-bond donors (Lipinski definition) is 0. The Morgan fingerprint density at radius 3 is 2.03 bits per heavy atom. The minimum absolute atomic E-state index is 0.0907. The molecule has 6 aliphatic carbocycles. The van der Waals surface area contributed by atoms with Crippen LogP contribution in [-0.2, 0) is 19.1 Å². The highest BCUT2D eigenvalue weighted by atomic mass is 16.5. The summed E-state index contributed by atoms with van der Waals surface area (Å²) in [6.45, 7) is 7.77. The average Bonchev–Trinajstić information content (AvgIpc) is 3.57. The third-order valence-corrected chi connectivity index (χ3v) is 11.7. The summed E-state index contributed by atoms with van der Waals surface area (Å²) in [5.41, 5.74) is -1.34. The Morgan fingerprint density at radius 2 is 1.41 bits per heavy atom. The molecule has 0 aromatic rings. The molecule has 4 nitrogen and oxygen atoms in total. The molecule has 0 spiro atoms. The van der Waals surface area contributed by atoms with Crippen molar-refractivity contribution in [3.63, 3.8) is 0 Å². The second-order valence-electron chi connectivity index (χ2n) is 13.5. The molecule has 0 heterocycles. The highest BCUT2D eigenvalue weighted by Gasteiger charge is 2.72. The molecule has 0 aromatic heterocycles. The molecule has 6 bridgehead atoms. The van der Waals surface area contributed by atoms with Gasteiger partial charge in [0.2, 0.25) is 0 Å². The lowest BCUT2D eigenvalue weighted by Crippen LogP contribution is -2.46. The van der Waals surface area contributed by atoms with Crippen LogP contribution in [0.1, 0.15) is 79.1 Å². The lowest BCUT2D eigenvalue weighted by atomic mass is 9.59. The lowest BCUT2D eigenvalue weighted by Gasteiger charge is -2.47. The molecule has 32 heavy (non-hydrogen) atoms. The van der Waals surface area contributed by atoms with Crippen molar-refractivity contribution in [2.45, 2.75) is 85.2 Å². The van der Waals surface area contributed by atoms with Gasteiger partial charge in [-0.15, -0.1) is 0 Å². The Balaban J connectivity index is 1.16. The van der Waals surface area contributed by atoms with Crippen LogP contribution in [0, 0.1) is 70.0 Å². The average molecular weight is 443 g/mol. The van der Waals surface area contributed by atoms with E-state index in [-0.39, 0.29) is 18.0 Å². The topological polar surface area (TPSA) is 52.6 Å². The van der Waals surface area contributed by atoms with E-state index < -0.39 is 10.8 Å². The smallest absolute Gasteiger partial charge is 0.312 e. The maximum absolute atomic E-state index is 13.5. The molecule has 12 unspecified atom stereocenters. The van der Waals surface area contributed by atoms with Crippen LogP contribution in [0.2, 0.25) is 0 Å². The maximum atomic E-state index is 13.5. The number of carbonyl (C=O) groups excluding carboxylic acids is 2. The summed E-state index contributed by atoms with van der Waals surface area (Å²) in [6, 6.07) is 0. The van der Waals surface area contributed by atoms with Gasteiger partial charge in [0.15, 0.2) is 0 Å². The van der Waals surface area contributed by atoms with E-state index >= 15 is 0 Å².